The molecule has 0 aliphatic carbocycles. The summed E-state index contributed by atoms with van der Waals surface area (Å²) in [6, 6.07) is 11.8. The van der Waals surface area contributed by atoms with Gasteiger partial charge in [-0.3, -0.25) is 24.7 Å². The van der Waals surface area contributed by atoms with Crippen LogP contribution in [0.4, 0.5) is 0 Å². The zero-order valence-corrected chi connectivity index (χ0v) is 20.1. The molecule has 180 valence electrons. The zero-order chi connectivity index (χ0) is 24.6. The molecular formula is C27H28N4O4. The first-order valence-corrected chi connectivity index (χ1v) is 11.7. The van der Waals surface area contributed by atoms with Crippen LogP contribution in [0.2, 0.25) is 0 Å². The molecule has 0 spiro atoms. The molecule has 2 aromatic heterocycles. The van der Waals surface area contributed by atoms with Crippen LogP contribution in [-0.4, -0.2) is 38.8 Å². The Morgan fingerprint density at radius 3 is 2.71 bits per heavy atom. The Bertz CT molecular complexity index is 1450. The van der Waals surface area contributed by atoms with E-state index in [9.17, 15) is 9.59 Å². The number of esters is 1. The number of aromatic amines is 2. The van der Waals surface area contributed by atoms with Crippen molar-refractivity contribution in [3.05, 3.63) is 87.1 Å². The van der Waals surface area contributed by atoms with E-state index >= 15 is 0 Å². The Hall–Kier alpha value is -3.94. The summed E-state index contributed by atoms with van der Waals surface area (Å²) in [6.45, 7) is 4.20. The number of nitrogens with one attached hydrogen (secondary N) is 2. The lowest BCUT2D eigenvalue weighted by molar-refractivity contribution is -0.140. The highest BCUT2D eigenvalue weighted by Crippen LogP contribution is 2.35. The van der Waals surface area contributed by atoms with Crippen molar-refractivity contribution in [3.8, 4) is 5.75 Å². The molecule has 0 unspecified atom stereocenters. The molecule has 2 aromatic carbocycles. The van der Waals surface area contributed by atoms with E-state index in [1.54, 1.807) is 12.4 Å². The fourth-order valence-electron chi connectivity index (χ4n) is 4.77. The first-order chi connectivity index (χ1) is 16.8. The quantitative estimate of drug-likeness (QED) is 0.410. The van der Waals surface area contributed by atoms with E-state index in [-0.39, 0.29) is 17.6 Å². The first kappa shape index (κ1) is 22.8. The van der Waals surface area contributed by atoms with Crippen molar-refractivity contribution in [1.29, 1.82) is 0 Å². The minimum Gasteiger partial charge on any atom is -0.488 e. The van der Waals surface area contributed by atoms with E-state index in [0.29, 0.717) is 17.5 Å². The zero-order valence-electron chi connectivity index (χ0n) is 20.1. The summed E-state index contributed by atoms with van der Waals surface area (Å²) in [5.41, 5.74) is 5.31. The molecule has 8 nitrogen and oxygen atoms in total. The summed E-state index contributed by atoms with van der Waals surface area (Å²) >= 11 is 0. The van der Waals surface area contributed by atoms with Crippen LogP contribution < -0.4 is 10.3 Å². The molecule has 0 radical (unpaired) electrons. The van der Waals surface area contributed by atoms with Gasteiger partial charge in [-0.1, -0.05) is 18.2 Å². The second kappa shape index (κ2) is 9.02. The lowest BCUT2D eigenvalue weighted by Gasteiger charge is -2.32. The van der Waals surface area contributed by atoms with Gasteiger partial charge in [-0.15, -0.1) is 0 Å². The third kappa shape index (κ3) is 4.69. The summed E-state index contributed by atoms with van der Waals surface area (Å²) in [4.78, 5) is 34.1. The van der Waals surface area contributed by atoms with Gasteiger partial charge >= 0.3 is 5.97 Å². The van der Waals surface area contributed by atoms with Gasteiger partial charge in [-0.05, 0) is 61.6 Å². The number of aromatic nitrogens is 4. The Kier molecular flexibility index (Phi) is 5.88. The maximum atomic E-state index is 13.0. The average Bonchev–Trinajstić information content (AvgIpc) is 3.21. The molecule has 2 N–H and O–H groups in total. The molecule has 1 atom stereocenters. The van der Waals surface area contributed by atoms with Crippen LogP contribution in [0.3, 0.4) is 0 Å². The molecule has 0 amide bonds. The van der Waals surface area contributed by atoms with E-state index in [0.717, 1.165) is 40.9 Å². The van der Waals surface area contributed by atoms with Crippen molar-refractivity contribution in [2.75, 3.05) is 7.11 Å². The number of fused-ring (bicyclic) bond motifs is 2. The van der Waals surface area contributed by atoms with E-state index in [1.807, 2.05) is 30.3 Å². The molecule has 3 heterocycles. The number of hydrogen-bond donors (Lipinski definition) is 2. The predicted molar refractivity (Wildman–Crippen MR) is 132 cm³/mol. The van der Waals surface area contributed by atoms with Crippen molar-refractivity contribution >= 4 is 17.0 Å². The van der Waals surface area contributed by atoms with Crippen molar-refractivity contribution in [2.45, 2.75) is 51.0 Å². The van der Waals surface area contributed by atoms with Gasteiger partial charge in [0, 0.05) is 36.0 Å². The average molecular weight is 473 g/mol. The standard InChI is InChI=1S/C27H28N4O4/c1-27(2)9-8-18-12-16(4-7-23(18)35-27)13-22-25(26(33)31-30-22)19(15-24(32)34-3)17-5-6-20-21(14-17)29-11-10-28-20/h4-7,10-12,14,19H,8-9,13,15H2,1-3H3,(H2,30,31,33)/t19-/m1/s1. The summed E-state index contributed by atoms with van der Waals surface area (Å²) in [5.74, 6) is 0.0172. The van der Waals surface area contributed by atoms with Crippen LogP contribution in [0, 0.1) is 0 Å². The van der Waals surface area contributed by atoms with Crippen LogP contribution in [0.5, 0.6) is 5.75 Å². The molecule has 0 saturated carbocycles. The number of nitrogens with zero attached hydrogens (tertiary/aromatic N) is 2. The van der Waals surface area contributed by atoms with Crippen molar-refractivity contribution < 1.29 is 14.3 Å². The number of hydrogen-bond acceptors (Lipinski definition) is 6. The van der Waals surface area contributed by atoms with E-state index < -0.39 is 11.9 Å². The van der Waals surface area contributed by atoms with Crippen LogP contribution in [0.15, 0.2) is 53.6 Å². The van der Waals surface area contributed by atoms with Crippen LogP contribution >= 0.6 is 0 Å². The molecule has 1 aliphatic heterocycles. The van der Waals surface area contributed by atoms with Gasteiger partial charge in [-0.2, -0.15) is 0 Å². The Balaban J connectivity index is 1.52. The van der Waals surface area contributed by atoms with Crippen molar-refractivity contribution in [2.24, 2.45) is 0 Å². The van der Waals surface area contributed by atoms with Crippen molar-refractivity contribution in [3.63, 3.8) is 0 Å². The van der Waals surface area contributed by atoms with Gasteiger partial charge in [0.15, 0.2) is 0 Å². The van der Waals surface area contributed by atoms with E-state index in [1.165, 1.54) is 12.7 Å². The molecule has 0 fully saturated rings. The number of H-pyrrole nitrogens is 2. The predicted octanol–water partition coefficient (Wildman–Crippen LogP) is 4.04. The highest BCUT2D eigenvalue weighted by molar-refractivity contribution is 5.76. The molecule has 5 rings (SSSR count). The highest BCUT2D eigenvalue weighted by Gasteiger charge is 2.28. The Labute approximate surface area is 202 Å². The topological polar surface area (TPSA) is 110 Å². The fraction of sp³-hybridized carbons (Fsp3) is 0.333. The largest absolute Gasteiger partial charge is 0.488 e. The van der Waals surface area contributed by atoms with Crippen LogP contribution in [0.1, 0.15) is 60.6 Å². The second-order valence-electron chi connectivity index (χ2n) is 9.59. The lowest BCUT2D eigenvalue weighted by Crippen LogP contribution is -2.32. The molecule has 1 aliphatic rings. The number of carbonyl (C=O) groups excluding carboxylic acids is 1. The molecule has 0 saturated heterocycles. The normalized spacial score (nSPS) is 15.3. The SMILES string of the molecule is COC(=O)C[C@H](c1ccc2nccnc2c1)c1c(Cc2ccc3c(c2)CCC(C)(C)O3)[nH][nH]c1=O. The molecular weight excluding hydrogens is 444 g/mol. The number of aryl methyl sites for hydroxylation is 1. The minimum absolute atomic E-state index is 0.0311. The van der Waals surface area contributed by atoms with Gasteiger partial charge in [0.25, 0.3) is 5.56 Å². The second-order valence-corrected chi connectivity index (χ2v) is 9.59. The van der Waals surface area contributed by atoms with Gasteiger partial charge in [0.05, 0.1) is 24.6 Å². The van der Waals surface area contributed by atoms with Gasteiger partial charge in [0.1, 0.15) is 11.4 Å². The van der Waals surface area contributed by atoms with Crippen LogP contribution in [0.25, 0.3) is 11.0 Å². The van der Waals surface area contributed by atoms with Gasteiger partial charge in [-0.25, -0.2) is 0 Å². The van der Waals surface area contributed by atoms with E-state index in [4.69, 9.17) is 9.47 Å². The van der Waals surface area contributed by atoms with Crippen LogP contribution in [-0.2, 0) is 22.4 Å². The lowest BCUT2D eigenvalue weighted by atomic mass is 9.86. The number of carbonyl (C=O) groups is 1. The Morgan fingerprint density at radius 2 is 1.91 bits per heavy atom. The monoisotopic (exact) mass is 472 g/mol. The van der Waals surface area contributed by atoms with Gasteiger partial charge < -0.3 is 14.6 Å². The minimum atomic E-state index is -0.499. The first-order valence-electron chi connectivity index (χ1n) is 11.7. The highest BCUT2D eigenvalue weighted by atomic mass is 16.5. The molecule has 4 aromatic rings. The number of ether oxygens (including phenoxy) is 2. The van der Waals surface area contributed by atoms with Gasteiger partial charge in [0.2, 0.25) is 0 Å². The number of methoxy groups -OCH3 is 1. The Morgan fingerprint density at radius 1 is 1.11 bits per heavy atom. The summed E-state index contributed by atoms with van der Waals surface area (Å²) < 4.78 is 11.1. The smallest absolute Gasteiger partial charge is 0.306 e. The summed E-state index contributed by atoms with van der Waals surface area (Å²) in [6.07, 6.45) is 5.68. The van der Waals surface area contributed by atoms with E-state index in [2.05, 4.69) is 40.1 Å². The number of benzene rings is 2. The number of rotatable bonds is 6. The maximum Gasteiger partial charge on any atom is 0.306 e. The maximum absolute atomic E-state index is 13.0. The third-order valence-electron chi connectivity index (χ3n) is 6.63. The molecule has 8 heteroatoms. The van der Waals surface area contributed by atoms with Crippen molar-refractivity contribution in [1.82, 2.24) is 20.2 Å². The fourth-order valence-corrected chi connectivity index (χ4v) is 4.77. The summed E-state index contributed by atoms with van der Waals surface area (Å²) in [5, 5.41) is 5.77. The third-order valence-corrected chi connectivity index (χ3v) is 6.63. The summed E-state index contributed by atoms with van der Waals surface area (Å²) in [7, 11) is 1.35. The molecule has 0 bridgehead atoms. The molecule has 35 heavy (non-hydrogen) atoms.